The molecule has 0 N–H and O–H groups in total. The van der Waals surface area contributed by atoms with Crippen molar-refractivity contribution in [1.82, 2.24) is 0 Å². The smallest absolute Gasteiger partial charge is 0.0617 e. The van der Waals surface area contributed by atoms with Gasteiger partial charge in [0, 0.05) is 51.1 Å². The Morgan fingerprint density at radius 1 is 0.304 bits per heavy atom. The molecule has 0 saturated heterocycles. The summed E-state index contributed by atoms with van der Waals surface area (Å²) in [7, 11) is -2.01. The van der Waals surface area contributed by atoms with Crippen LogP contribution in [-0.4, -0.2) is 8.80 Å². The maximum absolute atomic E-state index is 3.81. The fourth-order valence-corrected chi connectivity index (χ4v) is 14.0. The van der Waals surface area contributed by atoms with Gasteiger partial charge in [-0.2, -0.15) is 0 Å². The highest BCUT2D eigenvalue weighted by atomic mass is 28.3. The lowest BCUT2D eigenvalue weighted by molar-refractivity contribution is 0.748. The van der Waals surface area contributed by atoms with Gasteiger partial charge in [0.05, 0.1) is 0 Å². The van der Waals surface area contributed by atoms with Crippen LogP contribution < -0.4 is 15.6 Å². The molecule has 0 fully saturated rings. The Labute approximate surface area is 269 Å². The van der Waals surface area contributed by atoms with Gasteiger partial charge in [-0.05, 0) is 102 Å². The monoisotopic (exact) mass is 590 g/mol. The molecule has 3 aliphatic carbocycles. The van der Waals surface area contributed by atoms with Crippen molar-refractivity contribution >= 4 is 24.4 Å². The van der Waals surface area contributed by atoms with Gasteiger partial charge >= 0.3 is 0 Å². The molecule has 6 aliphatic heterocycles. The Bertz CT molecular complexity index is 2210. The van der Waals surface area contributed by atoms with E-state index in [9.17, 15) is 0 Å². The molecule has 6 aromatic carbocycles. The molecule has 0 aromatic heterocycles. The molecule has 206 valence electrons. The second kappa shape index (κ2) is 8.08. The Balaban J connectivity index is 1.35. The number of hydrogen-bond donors (Lipinski definition) is 0. The van der Waals surface area contributed by atoms with E-state index in [0.29, 0.717) is 0 Å². The molecule has 0 unspecified atom stereocenters. The van der Waals surface area contributed by atoms with Crippen LogP contribution in [0.2, 0.25) is 0 Å². The van der Waals surface area contributed by atoms with E-state index in [-0.39, 0.29) is 17.8 Å². The van der Waals surface area contributed by atoms with Crippen LogP contribution in [0.15, 0.2) is 109 Å². The first-order valence-electron chi connectivity index (χ1n) is 16.2. The molecule has 10 bridgehead atoms. The summed E-state index contributed by atoms with van der Waals surface area (Å²) in [5, 5.41) is 4.40. The van der Waals surface area contributed by atoms with Crippen molar-refractivity contribution in [2.75, 3.05) is 0 Å². The molecule has 0 amide bonds. The zero-order valence-corrected chi connectivity index (χ0v) is 25.9. The third kappa shape index (κ3) is 2.65. The fraction of sp³-hybridized carbons (Fsp3) is 0.0667. The summed E-state index contributed by atoms with van der Waals surface area (Å²) < 4.78 is 0. The van der Waals surface area contributed by atoms with E-state index in [2.05, 4.69) is 145 Å². The van der Waals surface area contributed by atoms with Crippen LogP contribution in [0.5, 0.6) is 0 Å². The molecule has 0 spiro atoms. The van der Waals surface area contributed by atoms with E-state index in [0.717, 1.165) is 16.7 Å². The Kier molecular flexibility index (Phi) is 4.14. The maximum Gasteiger partial charge on any atom is 0.139 e. The van der Waals surface area contributed by atoms with Crippen LogP contribution in [0, 0.1) is 35.5 Å². The average molecular weight is 591 g/mol. The summed E-state index contributed by atoms with van der Waals surface area (Å²) in [6.07, 6.45) is 0. The van der Waals surface area contributed by atoms with E-state index < -0.39 is 8.80 Å². The Morgan fingerprint density at radius 2 is 0.587 bits per heavy atom. The second-order valence-electron chi connectivity index (χ2n) is 13.3. The minimum atomic E-state index is -2.01. The molecule has 9 aliphatic rings. The molecule has 6 aromatic rings. The van der Waals surface area contributed by atoms with Crippen molar-refractivity contribution in [3.8, 4) is 35.5 Å². The van der Waals surface area contributed by atoms with Gasteiger partial charge in [-0.15, -0.1) is 0 Å². The Morgan fingerprint density at radius 3 is 0.957 bits per heavy atom. The molecular formula is C45H22Si. The lowest BCUT2D eigenvalue weighted by Crippen LogP contribution is -2.65. The van der Waals surface area contributed by atoms with Gasteiger partial charge in [-0.1, -0.05) is 108 Å². The predicted molar refractivity (Wildman–Crippen MR) is 185 cm³/mol. The van der Waals surface area contributed by atoms with Crippen molar-refractivity contribution in [2.45, 2.75) is 17.8 Å². The van der Waals surface area contributed by atoms with Crippen molar-refractivity contribution in [3.05, 3.63) is 193 Å². The molecule has 0 radical (unpaired) electrons. The zero-order chi connectivity index (χ0) is 29.7. The topological polar surface area (TPSA) is 0 Å². The lowest BCUT2D eigenvalue weighted by Gasteiger charge is -2.44. The quantitative estimate of drug-likeness (QED) is 0.160. The maximum atomic E-state index is 3.81. The summed E-state index contributed by atoms with van der Waals surface area (Å²) in [5.74, 6) is 23.1. The van der Waals surface area contributed by atoms with Crippen molar-refractivity contribution in [3.63, 3.8) is 0 Å². The van der Waals surface area contributed by atoms with Crippen molar-refractivity contribution in [1.29, 1.82) is 0 Å². The molecule has 0 saturated carbocycles. The molecular weight excluding hydrogens is 569 g/mol. The van der Waals surface area contributed by atoms with Crippen LogP contribution >= 0.6 is 0 Å². The van der Waals surface area contributed by atoms with E-state index in [1.54, 1.807) is 0 Å². The van der Waals surface area contributed by atoms with Crippen LogP contribution in [0.25, 0.3) is 0 Å². The number of rotatable bonds is 0. The SMILES string of the molecule is C1#Cc2cccc3c2[SiH]2c4c5cccc4C3c3cccc(c32)C#Cc2cccc3c2C2c4c1cccc4C3c1cccc(c12)C#C5. The Hall–Kier alpha value is -5.78. The first-order valence-corrected chi connectivity index (χ1v) is 17.9. The zero-order valence-electron chi connectivity index (χ0n) is 24.7. The van der Waals surface area contributed by atoms with E-state index in [1.165, 1.54) is 82.3 Å². The normalized spacial score (nSPS) is 20.6. The third-order valence-corrected chi connectivity index (χ3v) is 15.1. The molecule has 6 heterocycles. The first kappa shape index (κ1) is 23.6. The minimum absolute atomic E-state index is 0.0205. The summed E-state index contributed by atoms with van der Waals surface area (Å²) in [4.78, 5) is 0. The van der Waals surface area contributed by atoms with Crippen LogP contribution in [0.1, 0.15) is 101 Å². The number of benzene rings is 6. The van der Waals surface area contributed by atoms with Gasteiger partial charge in [-0.3, -0.25) is 0 Å². The van der Waals surface area contributed by atoms with E-state index in [4.69, 9.17) is 0 Å². The van der Waals surface area contributed by atoms with E-state index in [1.807, 2.05) is 0 Å². The van der Waals surface area contributed by atoms with Gasteiger partial charge < -0.3 is 0 Å². The summed E-state index contributed by atoms with van der Waals surface area (Å²) in [5.41, 5.74) is 19.3. The van der Waals surface area contributed by atoms with Crippen LogP contribution in [-0.2, 0) is 0 Å². The minimum Gasteiger partial charge on any atom is -0.0617 e. The van der Waals surface area contributed by atoms with Gasteiger partial charge in [0.2, 0.25) is 0 Å². The lowest BCUT2D eigenvalue weighted by atomic mass is 9.58. The molecule has 0 atom stereocenters. The van der Waals surface area contributed by atoms with Crippen molar-refractivity contribution in [2.24, 2.45) is 0 Å². The standard InChI is InChI=1S/C45H22Si/c1-7-25-19-22-28-10-4-16-34-41-35-17-5-11-29-23-20-26-8-2-14-32-38(26)42-37(25)31(13-1)40(32)33-15-3-9-27(39(33)42)21-24-30-12-6-18-36(41)45(30)46(43(28)34)44(29)35/h1-18,40-42,46H. The summed E-state index contributed by atoms with van der Waals surface area (Å²) in [6.45, 7) is 0. The average Bonchev–Trinajstić information content (AvgIpc) is 3.10. The summed E-state index contributed by atoms with van der Waals surface area (Å²) >= 11 is 0. The highest BCUT2D eigenvalue weighted by molar-refractivity contribution is 6.98. The van der Waals surface area contributed by atoms with Gasteiger partial charge in [0.15, 0.2) is 0 Å². The molecule has 15 rings (SSSR count). The highest BCUT2D eigenvalue weighted by Gasteiger charge is 2.47. The predicted octanol–water partition coefficient (Wildman–Crippen LogP) is 5.56. The molecule has 46 heavy (non-hydrogen) atoms. The second-order valence-corrected chi connectivity index (χ2v) is 15.9. The van der Waals surface area contributed by atoms with Crippen LogP contribution in [0.4, 0.5) is 0 Å². The highest BCUT2D eigenvalue weighted by Crippen LogP contribution is 2.58. The van der Waals surface area contributed by atoms with E-state index >= 15 is 0 Å². The van der Waals surface area contributed by atoms with Crippen LogP contribution in [0.3, 0.4) is 0 Å². The molecule has 1 heteroatoms. The summed E-state index contributed by atoms with van der Waals surface area (Å²) in [6, 6.07) is 40.9. The van der Waals surface area contributed by atoms with Gasteiger partial charge in [-0.25, -0.2) is 0 Å². The first-order chi connectivity index (χ1) is 22.8. The third-order valence-electron chi connectivity index (χ3n) is 11.4. The fourth-order valence-electron chi connectivity index (χ4n) is 9.87. The van der Waals surface area contributed by atoms with Gasteiger partial charge in [0.25, 0.3) is 0 Å². The number of hydrogen-bond acceptors (Lipinski definition) is 0. The van der Waals surface area contributed by atoms with Gasteiger partial charge in [0.1, 0.15) is 8.80 Å². The largest absolute Gasteiger partial charge is 0.139 e. The molecule has 0 nitrogen and oxygen atoms in total. The van der Waals surface area contributed by atoms with Crippen molar-refractivity contribution < 1.29 is 0 Å².